The van der Waals surface area contributed by atoms with E-state index in [1.807, 2.05) is 18.0 Å². The number of nitrogens with zero attached hydrogens (tertiary/aromatic N) is 5. The van der Waals surface area contributed by atoms with E-state index < -0.39 is 0 Å². The molecule has 5 rings (SSSR count). The van der Waals surface area contributed by atoms with Crippen molar-refractivity contribution in [2.24, 2.45) is 5.92 Å². The molecule has 3 fully saturated rings. The molecule has 0 spiro atoms. The lowest BCUT2D eigenvalue weighted by atomic mass is 9.74. The van der Waals surface area contributed by atoms with Crippen LogP contribution in [0.15, 0.2) is 16.9 Å². The van der Waals surface area contributed by atoms with Crippen LogP contribution in [0, 0.1) is 5.92 Å². The normalized spacial score (nSPS) is 25.6. The first-order chi connectivity index (χ1) is 14.7. The third kappa shape index (κ3) is 3.89. The van der Waals surface area contributed by atoms with Crippen molar-refractivity contribution in [2.75, 3.05) is 26.3 Å². The highest BCUT2D eigenvalue weighted by Gasteiger charge is 2.46. The molecule has 2 aromatic rings. The van der Waals surface area contributed by atoms with E-state index in [2.05, 4.69) is 10.3 Å². The molecule has 0 radical (unpaired) electrons. The molecule has 1 amide bonds. The van der Waals surface area contributed by atoms with Gasteiger partial charge in [-0.2, -0.15) is 10.1 Å². The van der Waals surface area contributed by atoms with Crippen LogP contribution < -0.4 is 0 Å². The third-order valence-electron chi connectivity index (χ3n) is 6.93. The molecule has 30 heavy (non-hydrogen) atoms. The van der Waals surface area contributed by atoms with Crippen LogP contribution in [0.4, 0.5) is 0 Å². The molecule has 2 saturated heterocycles. The lowest BCUT2D eigenvalue weighted by molar-refractivity contribution is 0.0607. The number of hydrogen-bond donors (Lipinski definition) is 0. The molecule has 1 aliphatic carbocycles. The maximum atomic E-state index is 13.2. The van der Waals surface area contributed by atoms with Crippen molar-refractivity contribution < 1.29 is 14.1 Å². The molecule has 162 valence electrons. The van der Waals surface area contributed by atoms with Crippen molar-refractivity contribution in [3.8, 4) is 0 Å². The lowest BCUT2D eigenvalue weighted by Gasteiger charge is -2.41. The maximum absolute atomic E-state index is 13.2. The molecule has 2 aromatic heterocycles. The zero-order chi connectivity index (χ0) is 20.6. The van der Waals surface area contributed by atoms with Gasteiger partial charge in [0.15, 0.2) is 5.82 Å². The fourth-order valence-electron chi connectivity index (χ4n) is 5.01. The average molecular weight is 414 g/mol. The number of hydrogen-bond acceptors (Lipinski definition) is 6. The van der Waals surface area contributed by atoms with Gasteiger partial charge >= 0.3 is 0 Å². The highest BCUT2D eigenvalue weighted by atomic mass is 16.5. The summed E-state index contributed by atoms with van der Waals surface area (Å²) in [6.07, 6.45) is 10.9. The van der Waals surface area contributed by atoms with E-state index in [1.165, 1.54) is 12.8 Å². The lowest BCUT2D eigenvalue weighted by Crippen LogP contribution is -2.49. The Morgan fingerprint density at radius 2 is 2.10 bits per heavy atom. The van der Waals surface area contributed by atoms with Crippen molar-refractivity contribution in [2.45, 2.75) is 69.7 Å². The minimum Gasteiger partial charge on any atom is -0.381 e. The van der Waals surface area contributed by atoms with Crippen molar-refractivity contribution in [3.63, 3.8) is 0 Å². The van der Waals surface area contributed by atoms with Gasteiger partial charge in [-0.25, -0.2) is 0 Å². The summed E-state index contributed by atoms with van der Waals surface area (Å²) in [5, 5.41) is 8.75. The number of carbonyl (C=O) groups is 1. The van der Waals surface area contributed by atoms with E-state index in [9.17, 15) is 4.79 Å². The number of aryl methyl sites for hydroxylation is 1. The molecule has 1 unspecified atom stereocenters. The van der Waals surface area contributed by atoms with Gasteiger partial charge in [0, 0.05) is 45.0 Å². The minimum absolute atomic E-state index is 0.0581. The number of aromatic nitrogens is 4. The van der Waals surface area contributed by atoms with Crippen molar-refractivity contribution in [1.82, 2.24) is 24.8 Å². The summed E-state index contributed by atoms with van der Waals surface area (Å²) in [5.74, 6) is 2.61. The molecular formula is C22H31N5O3. The Bertz CT molecular complexity index is 883. The SMILES string of the molecule is CCn1cc(C(=O)N2CCCC(CC3CC3)(c3noc(C4CCOCC4)n3)C2)cn1. The standard InChI is InChI=1S/C22H31N5O3/c1-2-27-14-18(13-23-27)20(28)26-9-3-8-22(15-26,12-16-4-5-16)21-24-19(30-25-21)17-6-10-29-11-7-17/h13-14,16-17H,2-12,15H2,1H3. The van der Waals surface area contributed by atoms with Crippen molar-refractivity contribution in [1.29, 1.82) is 0 Å². The summed E-state index contributed by atoms with van der Waals surface area (Å²) in [6.45, 7) is 5.72. The van der Waals surface area contributed by atoms with Gasteiger partial charge in [0.2, 0.25) is 5.89 Å². The first-order valence-corrected chi connectivity index (χ1v) is 11.4. The van der Waals surface area contributed by atoms with Gasteiger partial charge in [-0.1, -0.05) is 18.0 Å². The Kier molecular flexibility index (Phi) is 5.35. The smallest absolute Gasteiger partial charge is 0.257 e. The zero-order valence-corrected chi connectivity index (χ0v) is 17.8. The van der Waals surface area contributed by atoms with Crippen LogP contribution in [-0.2, 0) is 16.7 Å². The fourth-order valence-corrected chi connectivity index (χ4v) is 5.01. The summed E-state index contributed by atoms with van der Waals surface area (Å²) >= 11 is 0. The summed E-state index contributed by atoms with van der Waals surface area (Å²) < 4.78 is 13.0. The van der Waals surface area contributed by atoms with Gasteiger partial charge in [-0.3, -0.25) is 9.48 Å². The molecule has 3 aliphatic rings. The number of ether oxygens (including phenoxy) is 1. The van der Waals surface area contributed by atoms with Gasteiger partial charge in [0.25, 0.3) is 5.91 Å². The number of likely N-dealkylation sites (tertiary alicyclic amines) is 1. The van der Waals surface area contributed by atoms with Crippen LogP contribution in [0.3, 0.4) is 0 Å². The third-order valence-corrected chi connectivity index (χ3v) is 6.93. The second-order valence-corrected chi connectivity index (χ2v) is 9.19. The van der Waals surface area contributed by atoms with Crippen LogP contribution in [0.25, 0.3) is 0 Å². The monoisotopic (exact) mass is 413 g/mol. The van der Waals surface area contributed by atoms with E-state index in [1.54, 1.807) is 10.9 Å². The number of rotatable bonds is 6. The Morgan fingerprint density at radius 1 is 1.27 bits per heavy atom. The molecule has 0 aromatic carbocycles. The topological polar surface area (TPSA) is 86.3 Å². The molecule has 1 atom stereocenters. The zero-order valence-electron chi connectivity index (χ0n) is 17.8. The second-order valence-electron chi connectivity index (χ2n) is 9.19. The van der Waals surface area contributed by atoms with Crippen LogP contribution in [0.1, 0.15) is 79.9 Å². The second kappa shape index (κ2) is 8.13. The predicted octanol–water partition coefficient (Wildman–Crippen LogP) is 3.15. The van der Waals surface area contributed by atoms with E-state index in [-0.39, 0.29) is 11.3 Å². The summed E-state index contributed by atoms with van der Waals surface area (Å²) in [6, 6.07) is 0. The summed E-state index contributed by atoms with van der Waals surface area (Å²) in [5.41, 5.74) is 0.456. The molecule has 4 heterocycles. The minimum atomic E-state index is -0.206. The number of piperidine rings is 1. The van der Waals surface area contributed by atoms with Crippen LogP contribution in [0.5, 0.6) is 0 Å². The van der Waals surface area contributed by atoms with Gasteiger partial charge < -0.3 is 14.2 Å². The van der Waals surface area contributed by atoms with Crippen LogP contribution >= 0.6 is 0 Å². The van der Waals surface area contributed by atoms with E-state index in [0.29, 0.717) is 23.9 Å². The highest BCUT2D eigenvalue weighted by molar-refractivity contribution is 5.93. The largest absolute Gasteiger partial charge is 0.381 e. The molecular weight excluding hydrogens is 382 g/mol. The fraction of sp³-hybridized carbons (Fsp3) is 0.727. The van der Waals surface area contributed by atoms with Gasteiger partial charge in [0.05, 0.1) is 17.2 Å². The predicted molar refractivity (Wildman–Crippen MR) is 109 cm³/mol. The van der Waals surface area contributed by atoms with E-state index in [4.69, 9.17) is 14.2 Å². The van der Waals surface area contributed by atoms with Gasteiger partial charge in [0.1, 0.15) is 0 Å². The molecule has 2 aliphatic heterocycles. The van der Waals surface area contributed by atoms with Gasteiger partial charge in [-0.15, -0.1) is 0 Å². The van der Waals surface area contributed by atoms with Crippen LogP contribution in [0.2, 0.25) is 0 Å². The molecule has 8 nitrogen and oxygen atoms in total. The molecule has 1 saturated carbocycles. The van der Waals surface area contributed by atoms with Crippen molar-refractivity contribution in [3.05, 3.63) is 29.7 Å². The summed E-state index contributed by atoms with van der Waals surface area (Å²) in [7, 11) is 0. The maximum Gasteiger partial charge on any atom is 0.257 e. The van der Waals surface area contributed by atoms with Crippen molar-refractivity contribution >= 4 is 5.91 Å². The quantitative estimate of drug-likeness (QED) is 0.723. The van der Waals surface area contributed by atoms with E-state index >= 15 is 0 Å². The number of carbonyl (C=O) groups excluding carboxylic acids is 1. The Morgan fingerprint density at radius 3 is 2.83 bits per heavy atom. The Labute approximate surface area is 177 Å². The molecule has 0 N–H and O–H groups in total. The number of amides is 1. The molecule has 8 heteroatoms. The Balaban J connectivity index is 1.39. The highest BCUT2D eigenvalue weighted by Crippen LogP contribution is 2.46. The first kappa shape index (κ1) is 19.7. The summed E-state index contributed by atoms with van der Waals surface area (Å²) in [4.78, 5) is 20.1. The van der Waals surface area contributed by atoms with Gasteiger partial charge in [-0.05, 0) is 44.9 Å². The average Bonchev–Trinajstić information content (AvgIpc) is 3.27. The van der Waals surface area contributed by atoms with Crippen LogP contribution in [-0.4, -0.2) is 57.0 Å². The first-order valence-electron chi connectivity index (χ1n) is 11.4. The Hall–Kier alpha value is -2.22. The molecule has 0 bridgehead atoms. The van der Waals surface area contributed by atoms with E-state index in [0.717, 1.165) is 70.1 Å².